The van der Waals surface area contributed by atoms with Gasteiger partial charge in [0, 0.05) is 19.3 Å². The van der Waals surface area contributed by atoms with E-state index in [0.717, 1.165) is 116 Å². The second kappa shape index (κ2) is 65.8. The molecule has 6 heteroatoms. The zero-order chi connectivity index (χ0) is 56.4. The third-order valence-corrected chi connectivity index (χ3v) is 14.3. The van der Waals surface area contributed by atoms with Crippen molar-refractivity contribution in [3.63, 3.8) is 0 Å². The van der Waals surface area contributed by atoms with Gasteiger partial charge in [0.2, 0.25) is 0 Å². The predicted molar refractivity (Wildman–Crippen MR) is 339 cm³/mol. The summed E-state index contributed by atoms with van der Waals surface area (Å²) in [5.74, 6) is -0.883. The number of rotatable bonds is 60. The summed E-state index contributed by atoms with van der Waals surface area (Å²) in [6.07, 6.45) is 88.4. The number of ether oxygens (including phenoxy) is 3. The molecule has 6 nitrogen and oxygen atoms in total. The molecule has 0 rings (SSSR count). The first-order valence-electron chi connectivity index (χ1n) is 33.2. The van der Waals surface area contributed by atoms with Crippen LogP contribution in [-0.2, 0) is 28.6 Å². The molecule has 448 valence electrons. The normalized spacial score (nSPS) is 12.7. The molecule has 0 aliphatic carbocycles. The summed E-state index contributed by atoms with van der Waals surface area (Å²) in [5.41, 5.74) is 0. The molecule has 1 atom stereocenters. The Bertz CT molecular complexity index is 1530. The summed E-state index contributed by atoms with van der Waals surface area (Å²) in [5, 5.41) is 0. The van der Waals surface area contributed by atoms with Gasteiger partial charge in [0.25, 0.3) is 0 Å². The van der Waals surface area contributed by atoms with Crippen molar-refractivity contribution in [2.45, 2.75) is 329 Å². The number of carbonyl (C=O) groups excluding carboxylic acids is 3. The van der Waals surface area contributed by atoms with Gasteiger partial charge in [-0.2, -0.15) is 0 Å². The van der Waals surface area contributed by atoms with Crippen LogP contribution in [0.4, 0.5) is 0 Å². The van der Waals surface area contributed by atoms with Gasteiger partial charge in [0.05, 0.1) is 0 Å². The molecule has 0 spiro atoms. The summed E-state index contributed by atoms with van der Waals surface area (Å²) in [6.45, 7) is 6.53. The second-order valence-corrected chi connectivity index (χ2v) is 22.0. The molecule has 0 N–H and O–H groups in total. The van der Waals surface area contributed by atoms with Gasteiger partial charge in [-0.1, -0.05) is 298 Å². The van der Waals surface area contributed by atoms with E-state index in [1.165, 1.54) is 167 Å². The van der Waals surface area contributed by atoms with E-state index in [1.54, 1.807) is 0 Å². The minimum absolute atomic E-state index is 0.0803. The van der Waals surface area contributed by atoms with E-state index in [4.69, 9.17) is 14.2 Å². The molecule has 0 aromatic carbocycles. The van der Waals surface area contributed by atoms with Crippen molar-refractivity contribution in [1.29, 1.82) is 0 Å². The highest BCUT2D eigenvalue weighted by Crippen LogP contribution is 2.17. The first-order chi connectivity index (χ1) is 38.5. The van der Waals surface area contributed by atoms with Crippen LogP contribution in [0, 0.1) is 0 Å². The van der Waals surface area contributed by atoms with Crippen LogP contribution in [0.2, 0.25) is 0 Å². The first kappa shape index (κ1) is 74.3. The van der Waals surface area contributed by atoms with Crippen LogP contribution in [0.25, 0.3) is 0 Å². The van der Waals surface area contributed by atoms with Crippen molar-refractivity contribution in [2.24, 2.45) is 0 Å². The van der Waals surface area contributed by atoms with Crippen LogP contribution in [-0.4, -0.2) is 37.2 Å². The predicted octanol–water partition coefficient (Wildman–Crippen LogP) is 22.8. The molecule has 0 aromatic rings. The van der Waals surface area contributed by atoms with Crippen molar-refractivity contribution in [1.82, 2.24) is 0 Å². The lowest BCUT2D eigenvalue weighted by atomic mass is 10.0. The number of unbranched alkanes of at least 4 members (excludes halogenated alkanes) is 33. The molecule has 0 saturated carbocycles. The highest BCUT2D eigenvalue weighted by Gasteiger charge is 2.19. The van der Waals surface area contributed by atoms with Gasteiger partial charge in [-0.3, -0.25) is 14.4 Å². The van der Waals surface area contributed by atoms with Crippen LogP contribution in [0.3, 0.4) is 0 Å². The summed E-state index contributed by atoms with van der Waals surface area (Å²) < 4.78 is 17.0. The van der Waals surface area contributed by atoms with E-state index < -0.39 is 6.10 Å². The summed E-state index contributed by atoms with van der Waals surface area (Å²) >= 11 is 0. The van der Waals surface area contributed by atoms with Gasteiger partial charge in [-0.05, 0) is 103 Å². The maximum Gasteiger partial charge on any atom is 0.306 e. The maximum atomic E-state index is 12.9. The Morgan fingerprint density at radius 3 is 0.808 bits per heavy atom. The zero-order valence-electron chi connectivity index (χ0n) is 51.4. The van der Waals surface area contributed by atoms with Crippen LogP contribution in [0.5, 0.6) is 0 Å². The summed E-state index contributed by atoms with van der Waals surface area (Å²) in [7, 11) is 0. The average Bonchev–Trinajstić information content (AvgIpc) is 3.44. The van der Waals surface area contributed by atoms with Crippen molar-refractivity contribution in [2.75, 3.05) is 13.2 Å². The minimum Gasteiger partial charge on any atom is -0.462 e. The lowest BCUT2D eigenvalue weighted by molar-refractivity contribution is -0.167. The highest BCUT2D eigenvalue weighted by molar-refractivity contribution is 5.71. The molecule has 78 heavy (non-hydrogen) atoms. The van der Waals surface area contributed by atoms with Crippen LogP contribution >= 0.6 is 0 Å². The molecule has 0 aromatic heterocycles. The van der Waals surface area contributed by atoms with Crippen LogP contribution < -0.4 is 0 Å². The Morgan fingerprint density at radius 2 is 0.500 bits per heavy atom. The van der Waals surface area contributed by atoms with Crippen molar-refractivity contribution in [3.8, 4) is 0 Å². The van der Waals surface area contributed by atoms with E-state index in [0.29, 0.717) is 19.3 Å². The van der Waals surface area contributed by atoms with Crippen molar-refractivity contribution in [3.05, 3.63) is 97.2 Å². The van der Waals surface area contributed by atoms with Gasteiger partial charge < -0.3 is 14.2 Å². The van der Waals surface area contributed by atoms with E-state index in [-0.39, 0.29) is 31.1 Å². The molecule has 0 amide bonds. The van der Waals surface area contributed by atoms with Crippen LogP contribution in [0.15, 0.2) is 97.2 Å². The quantitative estimate of drug-likeness (QED) is 0.0261. The molecular weight excluding hydrogens is 961 g/mol. The molecule has 0 saturated heterocycles. The third kappa shape index (κ3) is 63.2. The molecule has 0 aliphatic rings. The molecular formula is C72H124O6. The molecule has 0 aliphatic heterocycles. The Labute approximate surface area is 483 Å². The Kier molecular flexibility index (Phi) is 62.7. The van der Waals surface area contributed by atoms with E-state index in [9.17, 15) is 14.4 Å². The maximum absolute atomic E-state index is 12.9. The lowest BCUT2D eigenvalue weighted by Gasteiger charge is -2.18. The molecule has 1 unspecified atom stereocenters. The molecule has 0 fully saturated rings. The Balaban J connectivity index is 4.35. The Hall–Kier alpha value is -3.67. The molecule has 0 radical (unpaired) electrons. The number of carbonyl (C=O) groups is 3. The van der Waals surface area contributed by atoms with Gasteiger partial charge in [0.1, 0.15) is 13.2 Å². The lowest BCUT2D eigenvalue weighted by Crippen LogP contribution is -2.30. The van der Waals surface area contributed by atoms with E-state index in [1.807, 2.05) is 0 Å². The van der Waals surface area contributed by atoms with Crippen LogP contribution in [0.1, 0.15) is 323 Å². The highest BCUT2D eigenvalue weighted by atomic mass is 16.6. The largest absolute Gasteiger partial charge is 0.462 e. The number of allylic oxidation sites excluding steroid dienone is 16. The summed E-state index contributed by atoms with van der Waals surface area (Å²) in [6, 6.07) is 0. The molecule has 0 heterocycles. The zero-order valence-corrected chi connectivity index (χ0v) is 51.4. The van der Waals surface area contributed by atoms with Gasteiger partial charge in [0.15, 0.2) is 6.10 Å². The fourth-order valence-electron chi connectivity index (χ4n) is 9.36. The van der Waals surface area contributed by atoms with Gasteiger partial charge >= 0.3 is 17.9 Å². The van der Waals surface area contributed by atoms with E-state index >= 15 is 0 Å². The van der Waals surface area contributed by atoms with E-state index in [2.05, 4.69) is 118 Å². The average molecular weight is 1090 g/mol. The smallest absolute Gasteiger partial charge is 0.306 e. The number of hydrogen-bond acceptors (Lipinski definition) is 6. The van der Waals surface area contributed by atoms with Gasteiger partial charge in [-0.15, -0.1) is 0 Å². The number of esters is 3. The van der Waals surface area contributed by atoms with Gasteiger partial charge in [-0.25, -0.2) is 0 Å². The third-order valence-electron chi connectivity index (χ3n) is 14.3. The number of hydrogen-bond donors (Lipinski definition) is 0. The fraction of sp³-hybridized carbons (Fsp3) is 0.736. The fourth-order valence-corrected chi connectivity index (χ4v) is 9.36. The monoisotopic (exact) mass is 1080 g/mol. The topological polar surface area (TPSA) is 78.9 Å². The molecule has 0 bridgehead atoms. The standard InChI is InChI=1S/C72H124O6/c1-4-7-10-13-16-19-22-25-28-31-32-33-34-35-36-37-38-39-40-42-44-47-50-53-56-59-62-65-71(74)77-68-69(67-76-70(73)64-61-58-55-52-49-46-43-30-27-24-21-18-15-12-9-6-3)78-72(75)66-63-60-57-54-51-48-45-41-29-26-23-20-17-14-11-8-5-2/h7,10,16-17,19-20,25-26,28-29,32-33,35-36,38-39,69H,4-6,8-9,11-15,18,21-24,27,30-31,34,37,40-68H2,1-3H3/b10-7-,19-16-,20-17-,28-25-,29-26-,33-32-,36-35-,39-38-. The summed E-state index contributed by atoms with van der Waals surface area (Å²) in [4.78, 5) is 38.4. The SMILES string of the molecule is CC/C=C\C/C=C\C/C=C\C/C=C\C/C=C\C/C=C\CCCCCCCCCCC(=O)OCC(COC(=O)CCCCCCCCCCCCCCCCCC)OC(=O)CCCCCCCCC/C=C\C/C=C\CCCCC. The van der Waals surface area contributed by atoms with Crippen molar-refractivity contribution >= 4 is 17.9 Å². The Morgan fingerprint density at radius 1 is 0.269 bits per heavy atom. The van der Waals surface area contributed by atoms with Crippen molar-refractivity contribution < 1.29 is 28.6 Å². The minimum atomic E-state index is -0.786. The first-order valence-corrected chi connectivity index (χ1v) is 33.2. The second-order valence-electron chi connectivity index (χ2n) is 22.0.